The molecule has 0 radical (unpaired) electrons. The summed E-state index contributed by atoms with van der Waals surface area (Å²) in [4.78, 5) is 29.6. The third-order valence-corrected chi connectivity index (χ3v) is 7.88. The maximum absolute atomic E-state index is 13.8. The highest BCUT2D eigenvalue weighted by Crippen LogP contribution is 2.47. The number of dihydropyridines is 1. The Morgan fingerprint density at radius 2 is 1.95 bits per heavy atom. The number of rotatable bonds is 5. The van der Waals surface area contributed by atoms with E-state index in [1.165, 1.54) is 0 Å². The van der Waals surface area contributed by atoms with Crippen molar-refractivity contribution in [2.45, 2.75) is 50.5 Å². The molecule has 0 saturated carbocycles. The number of methoxy groups -OCH3 is 1. The van der Waals surface area contributed by atoms with E-state index in [0.29, 0.717) is 48.2 Å². The minimum atomic E-state index is -0.631. The first-order valence-corrected chi connectivity index (χ1v) is 13.0. The molecule has 0 aromatic heterocycles. The first-order chi connectivity index (χ1) is 18.3. The van der Waals surface area contributed by atoms with Gasteiger partial charge in [0.2, 0.25) is 0 Å². The van der Waals surface area contributed by atoms with Gasteiger partial charge in [0.05, 0.1) is 19.2 Å². The number of allylic oxidation sites excluding steroid dienone is 4. The van der Waals surface area contributed by atoms with Gasteiger partial charge in [-0.3, -0.25) is 4.79 Å². The number of phenolic OH excluding ortho intramolecular Hbond substituents is 1. The summed E-state index contributed by atoms with van der Waals surface area (Å²) >= 11 is 0. The first-order valence-electron chi connectivity index (χ1n) is 13.0. The molecule has 1 saturated heterocycles. The molecule has 7 heteroatoms. The molecule has 1 aliphatic carbocycles. The summed E-state index contributed by atoms with van der Waals surface area (Å²) in [5, 5.41) is 13.7. The molecule has 5 rings (SSSR count). The van der Waals surface area contributed by atoms with Crippen LogP contribution in [0.2, 0.25) is 0 Å². The van der Waals surface area contributed by atoms with E-state index in [9.17, 15) is 14.7 Å². The second-order valence-electron chi connectivity index (χ2n) is 10.4. The fraction of sp³-hybridized carbons (Fsp3) is 0.355. The number of phenols is 1. The zero-order valence-corrected chi connectivity index (χ0v) is 22.1. The highest BCUT2D eigenvalue weighted by Gasteiger charge is 2.42. The zero-order valence-electron chi connectivity index (χ0n) is 22.1. The molecule has 0 amide bonds. The van der Waals surface area contributed by atoms with Crippen LogP contribution in [-0.4, -0.2) is 48.6 Å². The molecule has 2 aliphatic heterocycles. The molecule has 198 valence electrons. The molecule has 2 heterocycles. The summed E-state index contributed by atoms with van der Waals surface area (Å²) in [6, 6.07) is 14.6. The van der Waals surface area contributed by atoms with Crippen LogP contribution in [0.3, 0.4) is 0 Å². The van der Waals surface area contributed by atoms with Gasteiger partial charge in [-0.25, -0.2) is 4.79 Å². The van der Waals surface area contributed by atoms with Gasteiger partial charge in [-0.2, -0.15) is 0 Å². The van der Waals surface area contributed by atoms with E-state index < -0.39 is 11.9 Å². The SMILES string of the molecule is C=C1CC[C@@H](OC(=O)C2=C(C)NC3=C(C(=O)C[C@H](c4ccccc4OC)C3)[C@@H]2c2cccc(O)c2)CN1C. The lowest BCUT2D eigenvalue weighted by molar-refractivity contribution is -0.146. The fourth-order valence-corrected chi connectivity index (χ4v) is 5.93. The Kier molecular flexibility index (Phi) is 7.02. The minimum absolute atomic E-state index is 0.0329. The summed E-state index contributed by atoms with van der Waals surface area (Å²) in [6.07, 6.45) is 2.10. The standard InChI is InChI=1S/C31H34N2O5/c1-18-12-13-23(17-33(18)3)38-31(36)28-19(2)32-25-15-21(24-10-5-6-11-27(24)37-4)16-26(35)30(25)29(28)20-8-7-9-22(34)14-20/h5-11,14,21,23,29,32,34H,1,12-13,15-17H2,2-4H3/t21-,23-,29-/m1/s1. The monoisotopic (exact) mass is 514 g/mol. The number of ketones is 1. The van der Waals surface area contributed by atoms with Crippen molar-refractivity contribution in [2.24, 2.45) is 0 Å². The van der Waals surface area contributed by atoms with Crippen LogP contribution in [-0.2, 0) is 14.3 Å². The lowest BCUT2D eigenvalue weighted by atomic mass is 9.71. The number of aromatic hydroxyl groups is 1. The fourth-order valence-electron chi connectivity index (χ4n) is 5.93. The topological polar surface area (TPSA) is 88.1 Å². The largest absolute Gasteiger partial charge is 0.508 e. The molecule has 7 nitrogen and oxygen atoms in total. The van der Waals surface area contributed by atoms with Gasteiger partial charge in [-0.15, -0.1) is 0 Å². The maximum atomic E-state index is 13.8. The molecule has 0 unspecified atom stereocenters. The van der Waals surface area contributed by atoms with Crippen LogP contribution >= 0.6 is 0 Å². The Labute approximate surface area is 223 Å². The van der Waals surface area contributed by atoms with Gasteiger partial charge in [0.15, 0.2) is 5.78 Å². The Morgan fingerprint density at radius 1 is 1.16 bits per heavy atom. The van der Waals surface area contributed by atoms with E-state index in [0.717, 1.165) is 29.1 Å². The molecule has 0 spiro atoms. The number of esters is 1. The lowest BCUT2D eigenvalue weighted by Crippen LogP contribution is -2.39. The summed E-state index contributed by atoms with van der Waals surface area (Å²) in [6.45, 7) is 6.48. The van der Waals surface area contributed by atoms with E-state index in [1.54, 1.807) is 25.3 Å². The summed E-state index contributed by atoms with van der Waals surface area (Å²) < 4.78 is 11.6. The van der Waals surface area contributed by atoms with Crippen LogP contribution in [0.15, 0.2) is 83.3 Å². The molecule has 1 fully saturated rings. The highest BCUT2D eigenvalue weighted by molar-refractivity contribution is 6.04. The number of carbonyl (C=O) groups excluding carboxylic acids is 2. The number of nitrogens with one attached hydrogen (secondary N) is 1. The van der Waals surface area contributed by atoms with Gasteiger partial charge in [0.1, 0.15) is 17.6 Å². The lowest BCUT2D eigenvalue weighted by Gasteiger charge is -2.38. The number of hydrogen-bond donors (Lipinski definition) is 2. The molecule has 2 N–H and O–H groups in total. The Bertz CT molecular complexity index is 1360. The molecular weight excluding hydrogens is 480 g/mol. The number of piperidine rings is 1. The molecular formula is C31H34N2O5. The van der Waals surface area contributed by atoms with Gasteiger partial charge in [0, 0.05) is 48.0 Å². The average Bonchev–Trinajstić information content (AvgIpc) is 2.89. The van der Waals surface area contributed by atoms with Gasteiger partial charge in [-0.1, -0.05) is 36.9 Å². The quantitative estimate of drug-likeness (QED) is 0.548. The Hall–Kier alpha value is -4.00. The first kappa shape index (κ1) is 25.6. The van der Waals surface area contributed by atoms with E-state index in [4.69, 9.17) is 9.47 Å². The molecule has 3 atom stereocenters. The van der Waals surface area contributed by atoms with Crippen molar-refractivity contribution in [3.63, 3.8) is 0 Å². The van der Waals surface area contributed by atoms with E-state index in [2.05, 4.69) is 11.9 Å². The van der Waals surface area contributed by atoms with E-state index >= 15 is 0 Å². The summed E-state index contributed by atoms with van der Waals surface area (Å²) in [5.74, 6) is -0.326. The molecule has 3 aliphatic rings. The van der Waals surface area contributed by atoms with E-state index in [-0.39, 0.29) is 23.6 Å². The number of Topliss-reactive ketones (excluding diaryl/α,β-unsaturated/α-hetero) is 1. The smallest absolute Gasteiger partial charge is 0.337 e. The van der Waals surface area contributed by atoms with Crippen molar-refractivity contribution in [1.82, 2.24) is 10.2 Å². The number of likely N-dealkylation sites (tertiary alicyclic amines) is 1. The molecule has 2 aromatic carbocycles. The van der Waals surface area contributed by atoms with Gasteiger partial charge in [0.25, 0.3) is 0 Å². The second kappa shape index (κ2) is 10.4. The van der Waals surface area contributed by atoms with Gasteiger partial charge in [-0.05, 0) is 55.5 Å². The number of nitrogens with zero attached hydrogens (tertiary/aromatic N) is 1. The maximum Gasteiger partial charge on any atom is 0.337 e. The molecule has 2 aromatic rings. The van der Waals surface area contributed by atoms with Crippen molar-refractivity contribution >= 4 is 11.8 Å². The molecule has 38 heavy (non-hydrogen) atoms. The summed E-state index contributed by atoms with van der Waals surface area (Å²) in [7, 11) is 3.58. The van der Waals surface area contributed by atoms with Crippen LogP contribution in [0.5, 0.6) is 11.5 Å². The normalized spacial score (nSPS) is 23.7. The van der Waals surface area contributed by atoms with Crippen molar-refractivity contribution in [1.29, 1.82) is 0 Å². The van der Waals surface area contributed by atoms with Crippen LogP contribution in [0.1, 0.15) is 55.6 Å². The number of hydrogen-bond acceptors (Lipinski definition) is 7. The average molecular weight is 515 g/mol. The highest BCUT2D eigenvalue weighted by atomic mass is 16.5. The van der Waals surface area contributed by atoms with Crippen LogP contribution in [0.25, 0.3) is 0 Å². The van der Waals surface area contributed by atoms with Crippen LogP contribution < -0.4 is 10.1 Å². The van der Waals surface area contributed by atoms with Gasteiger partial charge < -0.3 is 24.8 Å². The van der Waals surface area contributed by atoms with Crippen LogP contribution in [0, 0.1) is 0 Å². The Balaban J connectivity index is 1.52. The third kappa shape index (κ3) is 4.80. The Morgan fingerprint density at radius 3 is 2.68 bits per heavy atom. The molecule has 0 bridgehead atoms. The van der Waals surface area contributed by atoms with Crippen LogP contribution in [0.4, 0.5) is 0 Å². The van der Waals surface area contributed by atoms with E-state index in [1.807, 2.05) is 49.2 Å². The van der Waals surface area contributed by atoms with Crippen molar-refractivity contribution < 1.29 is 24.2 Å². The second-order valence-corrected chi connectivity index (χ2v) is 10.4. The predicted octanol–water partition coefficient (Wildman–Crippen LogP) is 4.91. The van der Waals surface area contributed by atoms with Crippen molar-refractivity contribution in [3.05, 3.63) is 94.5 Å². The predicted molar refractivity (Wildman–Crippen MR) is 145 cm³/mol. The number of para-hydroxylation sites is 1. The van der Waals surface area contributed by atoms with Gasteiger partial charge >= 0.3 is 5.97 Å². The number of carbonyl (C=O) groups is 2. The number of likely N-dealkylation sites (N-methyl/N-ethyl adjacent to an activating group) is 1. The van der Waals surface area contributed by atoms with Crippen molar-refractivity contribution in [3.8, 4) is 11.5 Å². The minimum Gasteiger partial charge on any atom is -0.508 e. The zero-order chi connectivity index (χ0) is 27.0. The number of benzene rings is 2. The summed E-state index contributed by atoms with van der Waals surface area (Å²) in [5.41, 5.74) is 5.12. The van der Waals surface area contributed by atoms with Crippen molar-refractivity contribution in [2.75, 3.05) is 20.7 Å². The number of ether oxygens (including phenoxy) is 2. The third-order valence-electron chi connectivity index (χ3n) is 7.88.